The molecule has 0 aromatic heterocycles. The first kappa shape index (κ1) is 9.20. The largest absolute Gasteiger partial charge is 0.325 e. The highest BCUT2D eigenvalue weighted by Crippen LogP contribution is 2.54. The number of hydrogen-bond acceptors (Lipinski definition) is 1. The number of nitrogens with two attached hydrogens (primary N) is 1. The lowest BCUT2D eigenvalue weighted by atomic mass is 9.92. The highest BCUT2D eigenvalue weighted by molar-refractivity contribution is 5.85. The second-order valence-electron chi connectivity index (χ2n) is 3.74. The van der Waals surface area contributed by atoms with Gasteiger partial charge in [-0.25, -0.2) is 8.78 Å². The lowest BCUT2D eigenvalue weighted by molar-refractivity contribution is -0.0532. The van der Waals surface area contributed by atoms with E-state index >= 15 is 0 Å². The lowest BCUT2D eigenvalue weighted by Crippen LogP contribution is -2.38. The minimum Gasteiger partial charge on any atom is -0.325 e. The van der Waals surface area contributed by atoms with E-state index in [0.717, 1.165) is 6.42 Å². The molecule has 0 aliphatic heterocycles. The van der Waals surface area contributed by atoms with Crippen molar-refractivity contribution in [1.29, 1.82) is 0 Å². The van der Waals surface area contributed by atoms with Gasteiger partial charge in [-0.1, -0.05) is 0 Å². The number of hydrogen-bond donors (Lipinski definition) is 1. The third-order valence-electron chi connectivity index (χ3n) is 2.83. The number of alkyl halides is 2. The molecule has 2 atom stereocenters. The van der Waals surface area contributed by atoms with Crippen molar-refractivity contribution >= 4 is 12.4 Å². The van der Waals surface area contributed by atoms with Crippen molar-refractivity contribution in [3.8, 4) is 0 Å². The van der Waals surface area contributed by atoms with Crippen LogP contribution in [-0.2, 0) is 0 Å². The molecule has 1 nitrogen and oxygen atoms in total. The third kappa shape index (κ3) is 1.25. The van der Waals surface area contributed by atoms with Crippen LogP contribution in [0.4, 0.5) is 8.78 Å². The summed E-state index contributed by atoms with van der Waals surface area (Å²) in [4.78, 5) is 0. The van der Waals surface area contributed by atoms with Crippen molar-refractivity contribution in [2.75, 3.05) is 0 Å². The van der Waals surface area contributed by atoms with Crippen molar-refractivity contribution in [2.24, 2.45) is 11.7 Å². The fourth-order valence-corrected chi connectivity index (χ4v) is 2.29. The van der Waals surface area contributed by atoms with Gasteiger partial charge in [0.1, 0.15) is 0 Å². The molecule has 2 aliphatic rings. The quantitative estimate of drug-likeness (QED) is 0.611. The van der Waals surface area contributed by atoms with Gasteiger partial charge in [0, 0.05) is 17.9 Å². The predicted molar refractivity (Wildman–Crippen MR) is 41.1 cm³/mol. The Morgan fingerprint density at radius 2 is 2.00 bits per heavy atom. The van der Waals surface area contributed by atoms with Crippen LogP contribution < -0.4 is 5.73 Å². The van der Waals surface area contributed by atoms with Gasteiger partial charge in [-0.15, -0.1) is 12.4 Å². The highest BCUT2D eigenvalue weighted by atomic mass is 35.5. The van der Waals surface area contributed by atoms with E-state index in [-0.39, 0.29) is 18.8 Å². The summed E-state index contributed by atoms with van der Waals surface area (Å²) >= 11 is 0. The monoisotopic (exact) mass is 183 g/mol. The van der Waals surface area contributed by atoms with Gasteiger partial charge in [0.25, 0.3) is 5.92 Å². The number of rotatable bonds is 0. The summed E-state index contributed by atoms with van der Waals surface area (Å²) in [7, 11) is 0. The van der Waals surface area contributed by atoms with Crippen molar-refractivity contribution in [3.05, 3.63) is 0 Å². The zero-order chi connectivity index (χ0) is 7.41. The van der Waals surface area contributed by atoms with E-state index < -0.39 is 17.4 Å². The van der Waals surface area contributed by atoms with Gasteiger partial charge < -0.3 is 5.73 Å². The van der Waals surface area contributed by atoms with Crippen LogP contribution in [-0.4, -0.2) is 11.5 Å². The minimum atomic E-state index is -2.45. The topological polar surface area (TPSA) is 26.0 Å². The van der Waals surface area contributed by atoms with Crippen LogP contribution in [0.25, 0.3) is 0 Å². The van der Waals surface area contributed by atoms with Crippen molar-refractivity contribution < 1.29 is 8.78 Å². The predicted octanol–water partition coefficient (Wildman–Crippen LogP) is 1.94. The molecule has 2 rings (SSSR count). The zero-order valence-corrected chi connectivity index (χ0v) is 6.96. The first-order valence-corrected chi connectivity index (χ1v) is 3.69. The molecule has 0 heterocycles. The summed E-state index contributed by atoms with van der Waals surface area (Å²) in [6, 6.07) is 0. The second kappa shape index (κ2) is 2.30. The maximum Gasteiger partial charge on any atom is 0.252 e. The van der Waals surface area contributed by atoms with Gasteiger partial charge >= 0.3 is 0 Å². The van der Waals surface area contributed by atoms with Crippen molar-refractivity contribution in [1.82, 2.24) is 0 Å². The summed E-state index contributed by atoms with van der Waals surface area (Å²) in [6.45, 7) is 0. The fourth-order valence-electron chi connectivity index (χ4n) is 2.29. The average Bonchev–Trinajstić information content (AvgIpc) is 2.16. The van der Waals surface area contributed by atoms with E-state index in [1.165, 1.54) is 0 Å². The molecule has 0 amide bonds. The molecule has 11 heavy (non-hydrogen) atoms. The Kier molecular flexibility index (Phi) is 1.92. The van der Waals surface area contributed by atoms with Crippen LogP contribution in [0.2, 0.25) is 0 Å². The van der Waals surface area contributed by atoms with Crippen LogP contribution in [0, 0.1) is 5.92 Å². The zero-order valence-electron chi connectivity index (χ0n) is 6.15. The summed E-state index contributed by atoms with van der Waals surface area (Å²) < 4.78 is 25.6. The number of halogens is 3. The van der Waals surface area contributed by atoms with E-state index in [1.54, 1.807) is 0 Å². The van der Waals surface area contributed by atoms with Gasteiger partial charge in [-0.05, 0) is 19.3 Å². The van der Waals surface area contributed by atoms with Gasteiger partial charge in [-0.3, -0.25) is 0 Å². The van der Waals surface area contributed by atoms with Crippen LogP contribution in [0.15, 0.2) is 0 Å². The Morgan fingerprint density at radius 1 is 1.36 bits per heavy atom. The molecule has 4 heteroatoms. The van der Waals surface area contributed by atoms with E-state index in [9.17, 15) is 8.78 Å². The minimum absolute atomic E-state index is 0. The Morgan fingerprint density at radius 3 is 2.18 bits per heavy atom. The van der Waals surface area contributed by atoms with Crippen LogP contribution >= 0.6 is 12.4 Å². The molecule has 66 valence electrons. The Labute approximate surface area is 70.7 Å². The van der Waals surface area contributed by atoms with Gasteiger partial charge in [0.15, 0.2) is 0 Å². The number of fused-ring (bicyclic) bond motifs is 2. The van der Waals surface area contributed by atoms with E-state index in [1.807, 2.05) is 0 Å². The van der Waals surface area contributed by atoms with Crippen LogP contribution in [0.5, 0.6) is 0 Å². The molecule has 0 saturated heterocycles. The molecule has 2 unspecified atom stereocenters. The Hall–Kier alpha value is 0.110. The first-order chi connectivity index (χ1) is 4.52. The molecule has 0 radical (unpaired) electrons. The summed E-state index contributed by atoms with van der Waals surface area (Å²) in [6.07, 6.45) is 1.89. The molecular weight excluding hydrogens is 172 g/mol. The standard InChI is InChI=1S/C7H11F2N.ClH/c8-7(9)4-6(10)2-1-5(7)3-6;/h5H,1-4,10H2;1H. The van der Waals surface area contributed by atoms with Gasteiger partial charge in [0.2, 0.25) is 0 Å². The molecule has 2 bridgehead atoms. The maximum absolute atomic E-state index is 12.8. The van der Waals surface area contributed by atoms with Gasteiger partial charge in [0.05, 0.1) is 0 Å². The second-order valence-corrected chi connectivity index (χ2v) is 3.74. The van der Waals surface area contributed by atoms with Crippen molar-refractivity contribution in [2.45, 2.75) is 37.1 Å². The highest BCUT2D eigenvalue weighted by Gasteiger charge is 2.58. The van der Waals surface area contributed by atoms with Crippen LogP contribution in [0.1, 0.15) is 25.7 Å². The molecule has 0 spiro atoms. The molecule has 0 aromatic rings. The molecule has 2 aliphatic carbocycles. The summed E-state index contributed by atoms with van der Waals surface area (Å²) in [5, 5.41) is 0. The smallest absolute Gasteiger partial charge is 0.252 e. The lowest BCUT2D eigenvalue weighted by Gasteiger charge is -2.25. The summed E-state index contributed by atoms with van der Waals surface area (Å²) in [5.74, 6) is -2.86. The molecule has 2 saturated carbocycles. The molecule has 2 fully saturated rings. The molecule has 0 aromatic carbocycles. The fraction of sp³-hybridized carbons (Fsp3) is 1.00. The SMILES string of the molecule is Cl.NC12CCC(C1)C(F)(F)C2. The van der Waals surface area contributed by atoms with E-state index in [0.29, 0.717) is 12.8 Å². The third-order valence-corrected chi connectivity index (χ3v) is 2.83. The van der Waals surface area contributed by atoms with E-state index in [2.05, 4.69) is 0 Å². The van der Waals surface area contributed by atoms with Gasteiger partial charge in [-0.2, -0.15) is 0 Å². The van der Waals surface area contributed by atoms with E-state index in [4.69, 9.17) is 5.73 Å². The Balaban J connectivity index is 0.000000605. The molecular formula is C7H12ClF2N. The van der Waals surface area contributed by atoms with Crippen LogP contribution in [0.3, 0.4) is 0 Å². The molecule has 2 N–H and O–H groups in total. The average molecular weight is 184 g/mol. The Bertz CT molecular complexity index is 171. The normalized spacial score (nSPS) is 45.5. The maximum atomic E-state index is 12.8. The first-order valence-electron chi connectivity index (χ1n) is 3.69. The van der Waals surface area contributed by atoms with Crippen molar-refractivity contribution in [3.63, 3.8) is 0 Å². The summed E-state index contributed by atoms with van der Waals surface area (Å²) in [5.41, 5.74) is 5.19.